The summed E-state index contributed by atoms with van der Waals surface area (Å²) in [5.41, 5.74) is 1.79. The van der Waals surface area contributed by atoms with E-state index in [4.69, 9.17) is 13.9 Å². The number of hydrogen-bond donors (Lipinski definition) is 0. The van der Waals surface area contributed by atoms with Crippen LogP contribution in [0.5, 0.6) is 5.75 Å². The zero-order chi connectivity index (χ0) is 17.6. The van der Waals surface area contributed by atoms with Crippen LogP contribution in [-0.4, -0.2) is 18.2 Å². The number of rotatable bonds is 7. The molecule has 1 aromatic carbocycles. The minimum atomic E-state index is 0.315. The molecule has 4 nitrogen and oxygen atoms in total. The van der Waals surface area contributed by atoms with Gasteiger partial charge >= 0.3 is 0 Å². The third-order valence-corrected chi connectivity index (χ3v) is 4.90. The van der Waals surface area contributed by atoms with Gasteiger partial charge in [0.15, 0.2) is 0 Å². The second kappa shape index (κ2) is 8.34. The molecular weight excluding hydrogens is 314 g/mol. The van der Waals surface area contributed by atoms with Gasteiger partial charge in [-0.1, -0.05) is 18.6 Å². The van der Waals surface area contributed by atoms with Gasteiger partial charge in [-0.2, -0.15) is 0 Å². The fourth-order valence-electron chi connectivity index (χ4n) is 3.48. The van der Waals surface area contributed by atoms with Crippen molar-refractivity contribution in [2.75, 3.05) is 7.11 Å². The van der Waals surface area contributed by atoms with Gasteiger partial charge in [-0.3, -0.25) is 0 Å². The Morgan fingerprint density at radius 3 is 3.04 bits per heavy atom. The summed E-state index contributed by atoms with van der Waals surface area (Å²) in [4.78, 5) is 4.63. The van der Waals surface area contributed by atoms with E-state index >= 15 is 0 Å². The van der Waals surface area contributed by atoms with Crippen molar-refractivity contribution in [3.05, 3.63) is 48.4 Å². The lowest BCUT2D eigenvalue weighted by Gasteiger charge is -2.28. The molecule has 0 radical (unpaired) electrons. The lowest BCUT2D eigenvalue weighted by atomic mass is 9.85. The number of oxazole rings is 1. The van der Waals surface area contributed by atoms with Crippen molar-refractivity contribution in [1.29, 1.82) is 0 Å². The van der Waals surface area contributed by atoms with Crippen LogP contribution in [0.1, 0.15) is 43.6 Å². The maximum atomic E-state index is 6.14. The Bertz CT molecular complexity index is 707. The second-order valence-corrected chi connectivity index (χ2v) is 6.74. The molecule has 2 aromatic rings. The molecule has 2 atom stereocenters. The van der Waals surface area contributed by atoms with E-state index in [2.05, 4.69) is 11.6 Å². The third kappa shape index (κ3) is 4.51. The van der Waals surface area contributed by atoms with Crippen LogP contribution >= 0.6 is 0 Å². The Labute approximate surface area is 149 Å². The number of allylic oxidation sites excluding steroid dienone is 1. The molecule has 1 aromatic heterocycles. The number of aryl methyl sites for hydroxylation is 1. The molecule has 134 valence electrons. The number of benzene rings is 1. The number of aromatic nitrogens is 1. The van der Waals surface area contributed by atoms with Gasteiger partial charge in [0, 0.05) is 5.56 Å². The summed E-state index contributed by atoms with van der Waals surface area (Å²) in [6.07, 6.45) is 8.19. The second-order valence-electron chi connectivity index (χ2n) is 6.74. The van der Waals surface area contributed by atoms with Crippen LogP contribution in [0.2, 0.25) is 0 Å². The van der Waals surface area contributed by atoms with Gasteiger partial charge in [0.2, 0.25) is 5.89 Å². The molecule has 3 rings (SSSR count). The summed E-state index contributed by atoms with van der Waals surface area (Å²) in [5, 5.41) is 0. The molecule has 4 heteroatoms. The number of methoxy groups -OCH3 is 1. The first-order valence-electron chi connectivity index (χ1n) is 9.02. The summed E-state index contributed by atoms with van der Waals surface area (Å²) in [7, 11) is 1.66. The van der Waals surface area contributed by atoms with Crippen molar-refractivity contribution in [3.8, 4) is 17.2 Å². The Kier molecular flexibility index (Phi) is 5.92. The van der Waals surface area contributed by atoms with E-state index in [1.807, 2.05) is 37.3 Å². The predicted molar refractivity (Wildman–Crippen MR) is 98.6 cm³/mol. The quantitative estimate of drug-likeness (QED) is 0.640. The van der Waals surface area contributed by atoms with Crippen molar-refractivity contribution in [3.63, 3.8) is 0 Å². The van der Waals surface area contributed by atoms with Crippen molar-refractivity contribution in [1.82, 2.24) is 4.98 Å². The molecule has 1 aliphatic rings. The highest BCUT2D eigenvalue weighted by atomic mass is 16.5. The Morgan fingerprint density at radius 2 is 2.24 bits per heavy atom. The maximum Gasteiger partial charge on any atom is 0.226 e. The van der Waals surface area contributed by atoms with Crippen LogP contribution in [-0.2, 0) is 11.3 Å². The summed E-state index contributed by atoms with van der Waals surface area (Å²) in [5.74, 6) is 2.93. The Morgan fingerprint density at radius 1 is 1.36 bits per heavy atom. The van der Waals surface area contributed by atoms with Crippen LogP contribution in [0.25, 0.3) is 11.5 Å². The van der Waals surface area contributed by atoms with Crippen LogP contribution in [0.3, 0.4) is 0 Å². The van der Waals surface area contributed by atoms with Gasteiger partial charge in [0.25, 0.3) is 0 Å². The highest BCUT2D eigenvalue weighted by Gasteiger charge is 2.22. The van der Waals surface area contributed by atoms with Gasteiger partial charge in [0.1, 0.15) is 17.2 Å². The van der Waals surface area contributed by atoms with E-state index in [9.17, 15) is 0 Å². The van der Waals surface area contributed by atoms with Gasteiger partial charge in [0.05, 0.1) is 19.8 Å². The van der Waals surface area contributed by atoms with Crippen molar-refractivity contribution in [2.45, 2.75) is 51.7 Å². The summed E-state index contributed by atoms with van der Waals surface area (Å²) >= 11 is 0. The molecule has 1 saturated carbocycles. The van der Waals surface area contributed by atoms with Crippen LogP contribution in [0, 0.1) is 12.8 Å². The van der Waals surface area contributed by atoms with Crippen LogP contribution < -0.4 is 4.74 Å². The molecule has 0 bridgehead atoms. The van der Waals surface area contributed by atoms with E-state index in [-0.39, 0.29) is 0 Å². The van der Waals surface area contributed by atoms with Gasteiger partial charge < -0.3 is 13.9 Å². The minimum Gasteiger partial charge on any atom is -0.497 e. The van der Waals surface area contributed by atoms with Crippen molar-refractivity contribution in [2.24, 2.45) is 5.92 Å². The smallest absolute Gasteiger partial charge is 0.226 e. The Balaban J connectivity index is 1.63. The fraction of sp³-hybridized carbons (Fsp3) is 0.476. The van der Waals surface area contributed by atoms with E-state index in [1.165, 1.54) is 12.8 Å². The normalized spacial score (nSPS) is 20.4. The predicted octanol–water partition coefficient (Wildman–Crippen LogP) is 5.31. The van der Waals surface area contributed by atoms with Crippen LogP contribution in [0.15, 0.2) is 41.3 Å². The summed E-state index contributed by atoms with van der Waals surface area (Å²) in [6.45, 7) is 6.30. The highest BCUT2D eigenvalue weighted by molar-refractivity contribution is 5.56. The molecule has 0 N–H and O–H groups in total. The van der Waals surface area contributed by atoms with E-state index in [0.717, 1.165) is 42.0 Å². The third-order valence-electron chi connectivity index (χ3n) is 4.90. The molecule has 1 fully saturated rings. The molecule has 0 saturated heterocycles. The first-order valence-corrected chi connectivity index (χ1v) is 9.02. The molecule has 25 heavy (non-hydrogen) atoms. The zero-order valence-electron chi connectivity index (χ0n) is 15.2. The molecule has 0 amide bonds. The first kappa shape index (κ1) is 17.7. The number of ether oxygens (including phenoxy) is 2. The van der Waals surface area contributed by atoms with E-state index < -0.39 is 0 Å². The average Bonchev–Trinajstić information content (AvgIpc) is 3.01. The largest absolute Gasteiger partial charge is 0.497 e. The number of nitrogens with zero attached hydrogens (tertiary/aromatic N) is 1. The SMILES string of the molecule is C=CC[C@@H]1CCC[C@H](OCc2nc(-c3cccc(OC)c3)oc2C)C1. The highest BCUT2D eigenvalue weighted by Crippen LogP contribution is 2.30. The fourth-order valence-corrected chi connectivity index (χ4v) is 3.48. The standard InChI is InChI=1S/C21H27NO3/c1-4-7-16-8-5-11-19(12-16)24-14-20-15(2)25-21(22-20)17-9-6-10-18(13-17)23-3/h4,6,9-10,13,16,19H,1,5,7-8,11-12,14H2,2-3H3/t16-,19+/m1/s1. The van der Waals surface area contributed by atoms with E-state index in [0.29, 0.717) is 24.5 Å². The van der Waals surface area contributed by atoms with Crippen molar-refractivity contribution < 1.29 is 13.9 Å². The molecule has 1 aliphatic carbocycles. The molecule has 0 spiro atoms. The summed E-state index contributed by atoms with van der Waals surface area (Å²) in [6, 6.07) is 7.74. The average molecular weight is 341 g/mol. The van der Waals surface area contributed by atoms with Gasteiger partial charge in [-0.05, 0) is 56.7 Å². The molecular formula is C21H27NO3. The number of hydrogen-bond acceptors (Lipinski definition) is 4. The maximum absolute atomic E-state index is 6.14. The lowest BCUT2D eigenvalue weighted by molar-refractivity contribution is 0.000944. The van der Waals surface area contributed by atoms with E-state index in [1.54, 1.807) is 7.11 Å². The summed E-state index contributed by atoms with van der Waals surface area (Å²) < 4.78 is 17.2. The van der Waals surface area contributed by atoms with Crippen LogP contribution in [0.4, 0.5) is 0 Å². The molecule has 1 heterocycles. The topological polar surface area (TPSA) is 44.5 Å². The lowest BCUT2D eigenvalue weighted by Crippen LogP contribution is -2.22. The van der Waals surface area contributed by atoms with Gasteiger partial charge in [-0.25, -0.2) is 4.98 Å². The Hall–Kier alpha value is -2.07. The monoisotopic (exact) mass is 341 g/mol. The minimum absolute atomic E-state index is 0.315. The molecule has 0 aliphatic heterocycles. The molecule has 0 unspecified atom stereocenters. The zero-order valence-corrected chi connectivity index (χ0v) is 15.2. The van der Waals surface area contributed by atoms with Gasteiger partial charge in [-0.15, -0.1) is 6.58 Å². The first-order chi connectivity index (χ1) is 12.2. The van der Waals surface area contributed by atoms with Crippen molar-refractivity contribution >= 4 is 0 Å².